The molecule has 1 heterocycles. The molecule has 2 unspecified atom stereocenters. The number of esters is 1. The summed E-state index contributed by atoms with van der Waals surface area (Å²) < 4.78 is 5.49. The highest BCUT2D eigenvalue weighted by atomic mass is 16.5. The van der Waals surface area contributed by atoms with Gasteiger partial charge in [0.15, 0.2) is 0 Å². The SMILES string of the molecule is C=CC(=O)N1CCCC(C(=O)OCC(CC)CCCC)C1. The van der Waals surface area contributed by atoms with Crippen molar-refractivity contribution < 1.29 is 14.3 Å². The summed E-state index contributed by atoms with van der Waals surface area (Å²) in [6, 6.07) is 0. The van der Waals surface area contributed by atoms with E-state index in [2.05, 4.69) is 20.4 Å². The van der Waals surface area contributed by atoms with Gasteiger partial charge < -0.3 is 9.64 Å². The summed E-state index contributed by atoms with van der Waals surface area (Å²) in [5.41, 5.74) is 0. The molecule has 0 radical (unpaired) electrons. The number of ether oxygens (including phenoxy) is 1. The maximum absolute atomic E-state index is 12.2. The minimum Gasteiger partial charge on any atom is -0.465 e. The zero-order chi connectivity index (χ0) is 15.7. The number of unbranched alkanes of at least 4 members (excludes halogenated alkanes) is 1. The number of hydrogen-bond donors (Lipinski definition) is 0. The summed E-state index contributed by atoms with van der Waals surface area (Å²) in [5, 5.41) is 0. The molecule has 0 aromatic rings. The molecule has 4 nitrogen and oxygen atoms in total. The van der Waals surface area contributed by atoms with Crippen LogP contribution in [0.2, 0.25) is 0 Å². The van der Waals surface area contributed by atoms with Crippen LogP contribution in [0.3, 0.4) is 0 Å². The first-order valence-corrected chi connectivity index (χ1v) is 8.20. The summed E-state index contributed by atoms with van der Waals surface area (Å²) in [6.45, 7) is 9.50. The molecule has 0 aromatic heterocycles. The lowest BCUT2D eigenvalue weighted by Crippen LogP contribution is -2.42. The fraction of sp³-hybridized carbons (Fsp3) is 0.765. The van der Waals surface area contributed by atoms with Gasteiger partial charge in [0.25, 0.3) is 0 Å². The van der Waals surface area contributed by atoms with Crippen molar-refractivity contribution in [3.05, 3.63) is 12.7 Å². The molecular formula is C17H29NO3. The molecule has 0 spiro atoms. The van der Waals surface area contributed by atoms with E-state index >= 15 is 0 Å². The third-order valence-electron chi connectivity index (χ3n) is 4.25. The van der Waals surface area contributed by atoms with Gasteiger partial charge in [-0.3, -0.25) is 9.59 Å². The van der Waals surface area contributed by atoms with E-state index in [0.717, 1.165) is 25.7 Å². The predicted octanol–water partition coefficient (Wildman–Crippen LogP) is 3.17. The van der Waals surface area contributed by atoms with Crippen molar-refractivity contribution in [3.63, 3.8) is 0 Å². The first kappa shape index (κ1) is 17.7. The van der Waals surface area contributed by atoms with Crippen molar-refractivity contribution in [3.8, 4) is 0 Å². The van der Waals surface area contributed by atoms with Crippen LogP contribution in [0.15, 0.2) is 12.7 Å². The minimum absolute atomic E-state index is 0.0955. The second-order valence-electron chi connectivity index (χ2n) is 5.87. The summed E-state index contributed by atoms with van der Waals surface area (Å²) in [5.74, 6) is 0.0446. The molecule has 1 amide bonds. The van der Waals surface area contributed by atoms with Gasteiger partial charge in [-0.15, -0.1) is 0 Å². The summed E-state index contributed by atoms with van der Waals surface area (Å²) in [6.07, 6.45) is 7.49. The number of carbonyl (C=O) groups is 2. The number of rotatable bonds is 8. The van der Waals surface area contributed by atoms with Gasteiger partial charge in [0.1, 0.15) is 0 Å². The van der Waals surface area contributed by atoms with E-state index in [0.29, 0.717) is 25.6 Å². The van der Waals surface area contributed by atoms with Crippen molar-refractivity contribution >= 4 is 11.9 Å². The molecule has 0 N–H and O–H groups in total. The third kappa shape index (κ3) is 5.90. The highest BCUT2D eigenvalue weighted by molar-refractivity contribution is 5.87. The number of likely N-dealkylation sites (tertiary alicyclic amines) is 1. The fourth-order valence-corrected chi connectivity index (χ4v) is 2.71. The molecule has 1 fully saturated rings. The first-order valence-electron chi connectivity index (χ1n) is 8.20. The predicted molar refractivity (Wildman–Crippen MR) is 83.8 cm³/mol. The topological polar surface area (TPSA) is 46.6 Å². The number of amides is 1. The molecule has 0 aromatic carbocycles. The quantitative estimate of drug-likeness (QED) is 0.510. The Kier molecular flexibility index (Phi) is 8.09. The molecule has 120 valence electrons. The molecule has 4 heteroatoms. The molecule has 1 saturated heterocycles. The van der Waals surface area contributed by atoms with Crippen LogP contribution in [0.5, 0.6) is 0 Å². The molecule has 21 heavy (non-hydrogen) atoms. The van der Waals surface area contributed by atoms with Gasteiger partial charge in [-0.1, -0.05) is 39.7 Å². The molecule has 0 aliphatic carbocycles. The maximum atomic E-state index is 12.2. The van der Waals surface area contributed by atoms with E-state index in [4.69, 9.17) is 4.74 Å². The van der Waals surface area contributed by atoms with Crippen molar-refractivity contribution in [2.24, 2.45) is 11.8 Å². The Labute approximate surface area is 128 Å². The highest BCUT2D eigenvalue weighted by Gasteiger charge is 2.28. The van der Waals surface area contributed by atoms with Crippen LogP contribution in [0.1, 0.15) is 52.4 Å². The Balaban J connectivity index is 2.40. The number of hydrogen-bond acceptors (Lipinski definition) is 3. The first-order chi connectivity index (χ1) is 10.1. The van der Waals surface area contributed by atoms with Crippen LogP contribution in [-0.2, 0) is 14.3 Å². The number of piperidine rings is 1. The molecule has 1 aliphatic rings. The van der Waals surface area contributed by atoms with Gasteiger partial charge >= 0.3 is 5.97 Å². The molecule has 2 atom stereocenters. The van der Waals surface area contributed by atoms with Crippen LogP contribution in [0.25, 0.3) is 0 Å². The van der Waals surface area contributed by atoms with Crippen molar-refractivity contribution in [2.75, 3.05) is 19.7 Å². The lowest BCUT2D eigenvalue weighted by molar-refractivity contribution is -0.152. The van der Waals surface area contributed by atoms with E-state index in [-0.39, 0.29) is 17.8 Å². The molecule has 0 bridgehead atoms. The van der Waals surface area contributed by atoms with E-state index in [9.17, 15) is 9.59 Å². The second-order valence-corrected chi connectivity index (χ2v) is 5.87. The van der Waals surface area contributed by atoms with Gasteiger partial charge in [0.05, 0.1) is 12.5 Å². The molecule has 1 rings (SSSR count). The van der Waals surface area contributed by atoms with Gasteiger partial charge in [-0.05, 0) is 31.3 Å². The van der Waals surface area contributed by atoms with Gasteiger partial charge in [-0.25, -0.2) is 0 Å². The minimum atomic E-state index is -0.175. The smallest absolute Gasteiger partial charge is 0.310 e. The van der Waals surface area contributed by atoms with Crippen LogP contribution in [0.4, 0.5) is 0 Å². The Morgan fingerprint density at radius 2 is 2.19 bits per heavy atom. The average molecular weight is 295 g/mol. The average Bonchev–Trinajstić information content (AvgIpc) is 2.54. The summed E-state index contributed by atoms with van der Waals surface area (Å²) in [4.78, 5) is 25.5. The molecule has 0 saturated carbocycles. The maximum Gasteiger partial charge on any atom is 0.310 e. The number of carbonyl (C=O) groups excluding carboxylic acids is 2. The van der Waals surface area contributed by atoms with Gasteiger partial charge in [0.2, 0.25) is 5.91 Å². The number of nitrogens with zero attached hydrogens (tertiary/aromatic N) is 1. The van der Waals surface area contributed by atoms with E-state index < -0.39 is 0 Å². The Morgan fingerprint density at radius 1 is 1.43 bits per heavy atom. The second kappa shape index (κ2) is 9.59. The van der Waals surface area contributed by atoms with Crippen molar-refractivity contribution in [1.29, 1.82) is 0 Å². The van der Waals surface area contributed by atoms with Crippen molar-refractivity contribution in [1.82, 2.24) is 4.90 Å². The van der Waals surface area contributed by atoms with Crippen LogP contribution < -0.4 is 0 Å². The van der Waals surface area contributed by atoms with Gasteiger partial charge in [-0.2, -0.15) is 0 Å². The summed E-state index contributed by atoms with van der Waals surface area (Å²) >= 11 is 0. The molecule has 1 aliphatic heterocycles. The largest absolute Gasteiger partial charge is 0.465 e. The zero-order valence-electron chi connectivity index (χ0n) is 13.5. The Bertz CT molecular complexity index is 354. The highest BCUT2D eigenvalue weighted by Crippen LogP contribution is 2.20. The summed E-state index contributed by atoms with van der Waals surface area (Å²) in [7, 11) is 0. The standard InChI is InChI=1S/C17H29NO3/c1-4-7-9-14(5-2)13-21-17(20)15-10-8-11-18(12-15)16(19)6-3/h6,14-15H,3-5,7-13H2,1-2H3. The monoisotopic (exact) mass is 295 g/mol. The lowest BCUT2D eigenvalue weighted by Gasteiger charge is -2.31. The normalized spacial score (nSPS) is 19.9. The fourth-order valence-electron chi connectivity index (χ4n) is 2.71. The van der Waals surface area contributed by atoms with Crippen LogP contribution in [0, 0.1) is 11.8 Å². The van der Waals surface area contributed by atoms with E-state index in [1.54, 1.807) is 4.90 Å². The molecular weight excluding hydrogens is 266 g/mol. The Hall–Kier alpha value is -1.32. The third-order valence-corrected chi connectivity index (χ3v) is 4.25. The van der Waals surface area contributed by atoms with Gasteiger partial charge in [0, 0.05) is 13.1 Å². The van der Waals surface area contributed by atoms with E-state index in [1.165, 1.54) is 18.9 Å². The van der Waals surface area contributed by atoms with Crippen molar-refractivity contribution in [2.45, 2.75) is 52.4 Å². The lowest BCUT2D eigenvalue weighted by atomic mass is 9.97. The van der Waals surface area contributed by atoms with E-state index in [1.807, 2.05) is 0 Å². The van der Waals surface area contributed by atoms with Crippen LogP contribution in [-0.4, -0.2) is 36.5 Å². The zero-order valence-corrected chi connectivity index (χ0v) is 13.5. The Morgan fingerprint density at radius 3 is 2.81 bits per heavy atom. The van der Waals surface area contributed by atoms with Crippen LogP contribution >= 0.6 is 0 Å².